The van der Waals surface area contributed by atoms with Crippen LogP contribution in [0, 0.1) is 6.92 Å². The van der Waals surface area contributed by atoms with E-state index in [9.17, 15) is 19.2 Å². The molecule has 0 aliphatic carbocycles. The number of esters is 1. The zero-order valence-electron chi connectivity index (χ0n) is 16.7. The molecule has 0 bridgehead atoms. The topological polar surface area (TPSA) is 92.8 Å². The SMILES string of the molecule is CCCCN1C(=O)c2ccc(C(=O)OCC(=O)Nc3ccc(Br)cc3C)cc2C1=O. The van der Waals surface area contributed by atoms with Gasteiger partial charge in [-0.15, -0.1) is 0 Å². The van der Waals surface area contributed by atoms with Crippen LogP contribution in [0.1, 0.15) is 56.4 Å². The van der Waals surface area contributed by atoms with Crippen molar-refractivity contribution in [2.45, 2.75) is 26.7 Å². The standard InChI is InChI=1S/C22H21BrN2O5/c1-3-4-9-25-20(27)16-7-5-14(11-17(16)21(25)28)22(29)30-12-19(26)24-18-8-6-15(23)10-13(18)2/h5-8,10-11H,3-4,9,12H2,1-2H3,(H,24,26). The second kappa shape index (κ2) is 9.21. The summed E-state index contributed by atoms with van der Waals surface area (Å²) in [6.07, 6.45) is 1.57. The van der Waals surface area contributed by atoms with Crippen LogP contribution in [0.3, 0.4) is 0 Å². The van der Waals surface area contributed by atoms with Crippen molar-refractivity contribution in [3.8, 4) is 0 Å². The number of ether oxygens (including phenoxy) is 1. The molecule has 0 saturated heterocycles. The molecule has 156 valence electrons. The van der Waals surface area contributed by atoms with Crippen molar-refractivity contribution < 1.29 is 23.9 Å². The zero-order valence-corrected chi connectivity index (χ0v) is 18.2. The van der Waals surface area contributed by atoms with E-state index < -0.39 is 24.4 Å². The van der Waals surface area contributed by atoms with Gasteiger partial charge >= 0.3 is 5.97 Å². The number of nitrogens with zero attached hydrogens (tertiary/aromatic N) is 1. The molecule has 1 N–H and O–H groups in total. The number of halogens is 1. The predicted octanol–water partition coefficient (Wildman–Crippen LogP) is 3.95. The minimum absolute atomic E-state index is 0.111. The molecule has 8 heteroatoms. The molecule has 1 aliphatic heterocycles. The molecule has 2 aromatic carbocycles. The highest BCUT2D eigenvalue weighted by molar-refractivity contribution is 9.10. The summed E-state index contributed by atoms with van der Waals surface area (Å²) in [5, 5.41) is 2.68. The fourth-order valence-corrected chi connectivity index (χ4v) is 3.58. The van der Waals surface area contributed by atoms with E-state index >= 15 is 0 Å². The summed E-state index contributed by atoms with van der Waals surface area (Å²) in [5.41, 5.74) is 2.04. The van der Waals surface area contributed by atoms with Crippen LogP contribution < -0.4 is 5.32 Å². The summed E-state index contributed by atoms with van der Waals surface area (Å²) < 4.78 is 5.96. The molecule has 0 radical (unpaired) electrons. The summed E-state index contributed by atoms with van der Waals surface area (Å²) in [6.45, 7) is 3.69. The third-order valence-electron chi connectivity index (χ3n) is 4.74. The number of aryl methyl sites for hydroxylation is 1. The van der Waals surface area contributed by atoms with Crippen LogP contribution in [0.25, 0.3) is 0 Å². The van der Waals surface area contributed by atoms with Crippen molar-refractivity contribution in [1.82, 2.24) is 4.90 Å². The molecule has 0 fully saturated rings. The number of hydrogen-bond donors (Lipinski definition) is 1. The Morgan fingerprint density at radius 3 is 2.50 bits per heavy atom. The number of amides is 3. The van der Waals surface area contributed by atoms with Gasteiger partial charge < -0.3 is 10.1 Å². The van der Waals surface area contributed by atoms with E-state index in [4.69, 9.17) is 4.74 Å². The lowest BCUT2D eigenvalue weighted by atomic mass is 10.1. The van der Waals surface area contributed by atoms with E-state index in [1.54, 1.807) is 12.1 Å². The quantitative estimate of drug-likeness (QED) is 0.486. The van der Waals surface area contributed by atoms with Crippen LogP contribution in [0.5, 0.6) is 0 Å². The number of carbonyl (C=O) groups excluding carboxylic acids is 4. The van der Waals surface area contributed by atoms with Crippen molar-refractivity contribution in [3.63, 3.8) is 0 Å². The molecule has 3 rings (SSSR count). The van der Waals surface area contributed by atoms with E-state index in [1.807, 2.05) is 19.9 Å². The lowest BCUT2D eigenvalue weighted by Crippen LogP contribution is -2.30. The summed E-state index contributed by atoms with van der Waals surface area (Å²) in [6, 6.07) is 9.61. The first kappa shape index (κ1) is 21.7. The molecule has 1 aliphatic rings. The molecule has 30 heavy (non-hydrogen) atoms. The van der Waals surface area contributed by atoms with Gasteiger partial charge in [-0.1, -0.05) is 29.3 Å². The second-order valence-electron chi connectivity index (χ2n) is 6.96. The molecule has 3 amide bonds. The van der Waals surface area contributed by atoms with Crippen LogP contribution in [-0.2, 0) is 9.53 Å². The largest absolute Gasteiger partial charge is 0.452 e. The molecule has 0 saturated carbocycles. The van der Waals surface area contributed by atoms with Crippen LogP contribution in [0.15, 0.2) is 40.9 Å². The predicted molar refractivity (Wildman–Crippen MR) is 115 cm³/mol. The highest BCUT2D eigenvalue weighted by atomic mass is 79.9. The van der Waals surface area contributed by atoms with Crippen molar-refractivity contribution in [1.29, 1.82) is 0 Å². The van der Waals surface area contributed by atoms with Gasteiger partial charge in [0, 0.05) is 16.7 Å². The lowest BCUT2D eigenvalue weighted by Gasteiger charge is -2.12. The molecule has 2 aromatic rings. The van der Waals surface area contributed by atoms with Crippen molar-refractivity contribution >= 4 is 45.3 Å². The smallest absolute Gasteiger partial charge is 0.338 e. The Labute approximate surface area is 182 Å². The summed E-state index contributed by atoms with van der Waals surface area (Å²) >= 11 is 3.35. The molecule has 0 atom stereocenters. The first-order valence-corrected chi connectivity index (χ1v) is 10.3. The number of benzene rings is 2. The summed E-state index contributed by atoms with van der Waals surface area (Å²) in [4.78, 5) is 50.5. The number of imide groups is 1. The second-order valence-corrected chi connectivity index (χ2v) is 7.88. The monoisotopic (exact) mass is 472 g/mol. The van der Waals surface area contributed by atoms with Crippen LogP contribution in [-0.4, -0.2) is 41.7 Å². The van der Waals surface area contributed by atoms with Crippen LogP contribution in [0.2, 0.25) is 0 Å². The fourth-order valence-electron chi connectivity index (χ4n) is 3.11. The van der Waals surface area contributed by atoms with Crippen LogP contribution >= 0.6 is 15.9 Å². The van der Waals surface area contributed by atoms with Crippen molar-refractivity contribution in [3.05, 3.63) is 63.1 Å². The molecule has 0 aromatic heterocycles. The number of hydrogen-bond acceptors (Lipinski definition) is 5. The van der Waals surface area contributed by atoms with E-state index in [-0.39, 0.29) is 22.6 Å². The molecule has 0 unspecified atom stereocenters. The Balaban J connectivity index is 1.63. The minimum atomic E-state index is -0.743. The minimum Gasteiger partial charge on any atom is -0.452 e. The lowest BCUT2D eigenvalue weighted by molar-refractivity contribution is -0.119. The van der Waals surface area contributed by atoms with Crippen LogP contribution in [0.4, 0.5) is 5.69 Å². The first-order valence-electron chi connectivity index (χ1n) is 9.55. The third kappa shape index (κ3) is 4.59. The maximum absolute atomic E-state index is 12.5. The Hall–Kier alpha value is -3.00. The maximum atomic E-state index is 12.5. The summed E-state index contributed by atoms with van der Waals surface area (Å²) in [7, 11) is 0. The van der Waals surface area contributed by atoms with E-state index in [1.165, 1.54) is 23.1 Å². The highest BCUT2D eigenvalue weighted by Crippen LogP contribution is 2.25. The Morgan fingerprint density at radius 1 is 1.07 bits per heavy atom. The van der Waals surface area contributed by atoms with Gasteiger partial charge in [-0.2, -0.15) is 0 Å². The van der Waals surface area contributed by atoms with Gasteiger partial charge in [-0.3, -0.25) is 19.3 Å². The Morgan fingerprint density at radius 2 is 1.80 bits per heavy atom. The van der Waals surface area contributed by atoms with Gasteiger partial charge in [0.1, 0.15) is 0 Å². The van der Waals surface area contributed by atoms with Gasteiger partial charge in [0.25, 0.3) is 17.7 Å². The number of unbranched alkanes of at least 4 members (excludes halogenated alkanes) is 1. The number of rotatable bonds is 7. The molecule has 1 heterocycles. The molecule has 7 nitrogen and oxygen atoms in total. The summed E-state index contributed by atoms with van der Waals surface area (Å²) in [5.74, 6) is -1.99. The number of nitrogens with one attached hydrogen (secondary N) is 1. The maximum Gasteiger partial charge on any atom is 0.338 e. The van der Waals surface area contributed by atoms with Gasteiger partial charge in [-0.05, 0) is 55.3 Å². The molecular formula is C22H21BrN2O5. The van der Waals surface area contributed by atoms with Gasteiger partial charge in [0.2, 0.25) is 0 Å². The Kier molecular flexibility index (Phi) is 6.66. The fraction of sp³-hybridized carbons (Fsp3) is 0.273. The van der Waals surface area contributed by atoms with E-state index in [0.717, 1.165) is 16.5 Å². The number of anilines is 1. The molecular weight excluding hydrogens is 452 g/mol. The van der Waals surface area contributed by atoms with Gasteiger partial charge in [0.15, 0.2) is 6.61 Å². The van der Waals surface area contributed by atoms with Gasteiger partial charge in [0.05, 0.1) is 16.7 Å². The van der Waals surface area contributed by atoms with E-state index in [2.05, 4.69) is 21.2 Å². The third-order valence-corrected chi connectivity index (χ3v) is 5.23. The Bertz CT molecular complexity index is 1030. The average Bonchev–Trinajstić information content (AvgIpc) is 2.96. The van der Waals surface area contributed by atoms with Gasteiger partial charge in [-0.25, -0.2) is 4.79 Å². The van der Waals surface area contributed by atoms with Crippen molar-refractivity contribution in [2.24, 2.45) is 0 Å². The normalized spacial score (nSPS) is 12.7. The highest BCUT2D eigenvalue weighted by Gasteiger charge is 2.35. The first-order chi connectivity index (χ1) is 14.3. The molecule has 0 spiro atoms. The zero-order chi connectivity index (χ0) is 21.8. The number of fused-ring (bicyclic) bond motifs is 1. The number of carbonyl (C=O) groups is 4. The van der Waals surface area contributed by atoms with Crippen molar-refractivity contribution in [2.75, 3.05) is 18.5 Å². The average molecular weight is 473 g/mol. The van der Waals surface area contributed by atoms with E-state index in [0.29, 0.717) is 18.7 Å².